The van der Waals surface area contributed by atoms with E-state index in [0.717, 1.165) is 4.90 Å². The second-order valence-corrected chi connectivity index (χ2v) is 1.91. The average Bonchev–Trinajstić information content (AvgIpc) is 2.17. The largest absolute Gasteiger partial charge is 0.346 e. The molecule has 0 spiro atoms. The number of amides is 2. The van der Waals surface area contributed by atoms with Gasteiger partial charge in [0.25, 0.3) is 0 Å². The molecule has 1 radical (unpaired) electrons. The maximum Gasteiger partial charge on any atom is 0.183 e. The van der Waals surface area contributed by atoms with Gasteiger partial charge in [0.1, 0.15) is 5.91 Å². The molecular formula is C7H6NNpO2-. The Morgan fingerprint density at radius 3 is 2.27 bits per heavy atom. The van der Waals surface area contributed by atoms with E-state index in [4.69, 9.17) is 0 Å². The molecule has 0 fully saturated rings. The maximum atomic E-state index is 10.9. The molecule has 0 atom stereocenters. The second-order valence-electron chi connectivity index (χ2n) is 1.91. The smallest absolute Gasteiger partial charge is 0.183 e. The SMILES string of the molecule is C=CC1=[C-]C(=O)N(C)C1=O.[Np]. The minimum atomic E-state index is -0.403. The third kappa shape index (κ3) is 1.81. The van der Waals surface area contributed by atoms with Crippen molar-refractivity contribution in [2.24, 2.45) is 0 Å². The van der Waals surface area contributed by atoms with Crippen LogP contribution in [0.4, 0.5) is 0 Å². The molecule has 0 saturated heterocycles. The van der Waals surface area contributed by atoms with Gasteiger partial charge in [-0.05, 0) is 0 Å². The van der Waals surface area contributed by atoms with E-state index in [9.17, 15) is 9.59 Å². The van der Waals surface area contributed by atoms with Crippen LogP contribution in [0, 0.1) is 36.0 Å². The van der Waals surface area contributed by atoms with Crippen LogP contribution >= 0.6 is 0 Å². The van der Waals surface area contributed by atoms with Crippen LogP contribution < -0.4 is 0 Å². The van der Waals surface area contributed by atoms with Crippen molar-refractivity contribution >= 4 is 11.8 Å². The minimum Gasteiger partial charge on any atom is -0.346 e. The Labute approximate surface area is 87.4 Å². The first-order chi connectivity index (χ1) is 4.66. The monoisotopic (exact) mass is 372 g/mol. The van der Waals surface area contributed by atoms with Crippen LogP contribution in [0.1, 0.15) is 0 Å². The van der Waals surface area contributed by atoms with Gasteiger partial charge in [0.2, 0.25) is 0 Å². The summed E-state index contributed by atoms with van der Waals surface area (Å²) in [5, 5.41) is 0. The summed E-state index contributed by atoms with van der Waals surface area (Å²) in [6.07, 6.45) is 3.66. The number of carbonyl (C=O) groups excluding carboxylic acids is 2. The summed E-state index contributed by atoms with van der Waals surface area (Å²) in [6, 6.07) is 0. The summed E-state index contributed by atoms with van der Waals surface area (Å²) in [6.45, 7) is 3.36. The summed E-state index contributed by atoms with van der Waals surface area (Å²) in [7, 11) is 1.41. The molecular weight excluding hydrogens is 367 g/mol. The first-order valence-electron chi connectivity index (χ1n) is 2.75. The van der Waals surface area contributed by atoms with Crippen molar-refractivity contribution in [2.75, 3.05) is 7.05 Å². The fraction of sp³-hybridized carbons (Fsp3) is 0.143. The molecule has 3 nitrogen and oxygen atoms in total. The zero-order chi connectivity index (χ0) is 7.72. The summed E-state index contributed by atoms with van der Waals surface area (Å²) in [5.74, 6) is -0.736. The number of nitrogens with zero attached hydrogens (tertiary/aromatic N) is 1. The van der Waals surface area contributed by atoms with Crippen LogP contribution in [0.2, 0.25) is 0 Å². The van der Waals surface area contributed by atoms with Crippen molar-refractivity contribution in [2.45, 2.75) is 0 Å². The molecule has 1 heterocycles. The number of imide groups is 1. The molecule has 2 amide bonds. The van der Waals surface area contributed by atoms with Gasteiger partial charge >= 0.3 is 0 Å². The molecule has 1 rings (SSSR count). The quantitative estimate of drug-likeness (QED) is 0.476. The van der Waals surface area contributed by atoms with Crippen molar-refractivity contribution < 1.29 is 39.5 Å². The Morgan fingerprint density at radius 2 is 2.09 bits per heavy atom. The maximum absolute atomic E-state index is 10.9. The molecule has 1 aliphatic heterocycles. The van der Waals surface area contributed by atoms with E-state index in [2.05, 4.69) is 12.7 Å². The summed E-state index contributed by atoms with van der Waals surface area (Å²) in [5.41, 5.74) is 0.243. The van der Waals surface area contributed by atoms with Crippen LogP contribution in [0.5, 0.6) is 0 Å². The third-order valence-electron chi connectivity index (χ3n) is 1.29. The number of carbonyl (C=O) groups is 2. The number of likely N-dealkylation sites (N-methyl/N-ethyl adjacent to an activating group) is 1. The summed E-state index contributed by atoms with van der Waals surface area (Å²) < 4.78 is 0. The van der Waals surface area contributed by atoms with Crippen LogP contribution in [0.3, 0.4) is 0 Å². The van der Waals surface area contributed by atoms with Crippen molar-refractivity contribution in [3.05, 3.63) is 24.3 Å². The zero-order valence-electron chi connectivity index (χ0n) is 6.00. The average molecular weight is 373 g/mol. The zero-order valence-corrected chi connectivity index (χ0v) is 9.72. The number of rotatable bonds is 1. The number of hydrogen-bond donors (Lipinski definition) is 0. The molecule has 11 heavy (non-hydrogen) atoms. The molecule has 0 aromatic carbocycles. The van der Waals surface area contributed by atoms with Gasteiger partial charge in [-0.2, -0.15) is 12.7 Å². The standard InChI is InChI=1S/C7H6NO2.Np/c1-3-5-4-6(9)8(2)7(5)10;/h3H,1H2,2H3;/q-1;. The molecule has 4 heteroatoms. The van der Waals surface area contributed by atoms with Gasteiger partial charge in [-0.3, -0.25) is 4.79 Å². The van der Waals surface area contributed by atoms with Gasteiger partial charge in [0, 0.05) is 37.0 Å². The van der Waals surface area contributed by atoms with E-state index in [1.54, 1.807) is 0 Å². The Hall–Kier alpha value is -0.367. The third-order valence-corrected chi connectivity index (χ3v) is 1.29. The van der Waals surface area contributed by atoms with Gasteiger partial charge in [-0.25, -0.2) is 0 Å². The fourth-order valence-corrected chi connectivity index (χ4v) is 0.664. The molecule has 0 aromatic heterocycles. The second kappa shape index (κ2) is 3.86. The number of hydrogen-bond acceptors (Lipinski definition) is 2. The van der Waals surface area contributed by atoms with E-state index >= 15 is 0 Å². The van der Waals surface area contributed by atoms with Crippen molar-refractivity contribution in [1.82, 2.24) is 4.90 Å². The molecule has 0 aliphatic carbocycles. The van der Waals surface area contributed by atoms with E-state index in [1.807, 2.05) is 0 Å². The summed E-state index contributed by atoms with van der Waals surface area (Å²) in [4.78, 5) is 22.6. The Balaban J connectivity index is 0.000001000. The van der Waals surface area contributed by atoms with E-state index in [-0.39, 0.29) is 41.4 Å². The van der Waals surface area contributed by atoms with Gasteiger partial charge in [-0.15, -0.1) is 11.6 Å². The van der Waals surface area contributed by atoms with Gasteiger partial charge in [-0.1, -0.05) is 0 Å². The topological polar surface area (TPSA) is 37.4 Å². The first-order valence-corrected chi connectivity index (χ1v) is 2.75. The van der Waals surface area contributed by atoms with Crippen LogP contribution in [-0.2, 0) is 9.59 Å². The van der Waals surface area contributed by atoms with Crippen LogP contribution in [0.25, 0.3) is 0 Å². The van der Waals surface area contributed by atoms with Gasteiger partial charge in [0.05, 0.1) is 0 Å². The molecule has 57 valence electrons. The van der Waals surface area contributed by atoms with Gasteiger partial charge < -0.3 is 9.69 Å². The van der Waals surface area contributed by atoms with E-state index in [0.29, 0.717) is 0 Å². The van der Waals surface area contributed by atoms with Crippen LogP contribution in [-0.4, -0.2) is 23.8 Å². The van der Waals surface area contributed by atoms with Crippen LogP contribution in [0.15, 0.2) is 18.2 Å². The molecule has 1 aliphatic rings. The molecule has 0 aromatic rings. The first kappa shape index (κ1) is 10.6. The molecule has 0 saturated carbocycles. The van der Waals surface area contributed by atoms with E-state index < -0.39 is 5.91 Å². The summed E-state index contributed by atoms with van der Waals surface area (Å²) >= 11 is 0. The van der Waals surface area contributed by atoms with Crippen molar-refractivity contribution in [3.63, 3.8) is 0 Å². The van der Waals surface area contributed by atoms with E-state index in [1.165, 1.54) is 13.1 Å². The predicted octanol–water partition coefficient (Wildman–Crippen LogP) is -0.0994. The molecule has 0 unspecified atom stereocenters. The van der Waals surface area contributed by atoms with Crippen molar-refractivity contribution in [3.8, 4) is 0 Å². The van der Waals surface area contributed by atoms with Gasteiger partial charge in [0.15, 0.2) is 5.91 Å². The Kier molecular flexibility index (Phi) is 3.73. The molecule has 0 bridgehead atoms. The Morgan fingerprint density at radius 1 is 1.55 bits per heavy atom. The molecule has 0 N–H and O–H groups in total. The normalized spacial score (nSPS) is 16.1. The fourth-order valence-electron chi connectivity index (χ4n) is 0.664. The Bertz CT molecular complexity index is 245. The van der Waals surface area contributed by atoms with Crippen molar-refractivity contribution in [1.29, 1.82) is 0 Å². The minimum absolute atomic E-state index is 0. The predicted molar refractivity (Wildman–Crippen MR) is 34.7 cm³/mol.